The quantitative estimate of drug-likeness (QED) is 0.913. The normalized spacial score (nSPS) is 10.4. The smallest absolute Gasteiger partial charge is 0.131 e. The zero-order valence-corrected chi connectivity index (χ0v) is 12.1. The molecule has 0 fully saturated rings. The number of nitrogens with one attached hydrogen (secondary N) is 1. The monoisotopic (exact) mass is 342 g/mol. The van der Waals surface area contributed by atoms with E-state index in [9.17, 15) is 8.78 Å². The topological polar surface area (TPSA) is 35.8 Å². The molecule has 0 bridgehead atoms. The minimum absolute atomic E-state index is 0.0130. The summed E-state index contributed by atoms with van der Waals surface area (Å²) in [7, 11) is 0. The van der Waals surface area contributed by atoms with Crippen LogP contribution < -0.4 is 5.32 Å². The Hall–Kier alpha value is -1.29. The lowest BCUT2D eigenvalue weighted by atomic mass is 10.1. The van der Waals surface area contributed by atoms with Crippen LogP contribution in [-0.4, -0.2) is 0 Å². The highest BCUT2D eigenvalue weighted by Crippen LogP contribution is 2.22. The first-order valence-electron chi connectivity index (χ1n) is 5.43. The molecular formula is C13H9BrF2N2S. The third kappa shape index (κ3) is 3.60. The Labute approximate surface area is 121 Å². The van der Waals surface area contributed by atoms with Crippen molar-refractivity contribution in [1.29, 1.82) is 5.26 Å². The number of nitriles is 1. The Morgan fingerprint density at radius 2 is 1.89 bits per heavy atom. The first-order valence-corrected chi connectivity index (χ1v) is 7.04. The number of thiophene rings is 1. The molecule has 0 saturated carbocycles. The SMILES string of the molecule is N#Cc1cc(F)c(CNCc2ccc(Br)s2)c(F)c1. The summed E-state index contributed by atoms with van der Waals surface area (Å²) in [5.74, 6) is -1.40. The molecule has 98 valence electrons. The van der Waals surface area contributed by atoms with Gasteiger partial charge in [0, 0.05) is 23.5 Å². The van der Waals surface area contributed by atoms with Gasteiger partial charge in [-0.2, -0.15) is 5.26 Å². The zero-order valence-electron chi connectivity index (χ0n) is 9.71. The Morgan fingerprint density at radius 3 is 2.42 bits per heavy atom. The molecule has 0 radical (unpaired) electrons. The van der Waals surface area contributed by atoms with Crippen molar-refractivity contribution in [2.75, 3.05) is 0 Å². The van der Waals surface area contributed by atoms with Gasteiger partial charge in [-0.3, -0.25) is 0 Å². The molecule has 0 aliphatic heterocycles. The van der Waals surface area contributed by atoms with Gasteiger partial charge in [0.1, 0.15) is 11.6 Å². The number of rotatable bonds is 4. The summed E-state index contributed by atoms with van der Waals surface area (Å²) in [6.45, 7) is 0.619. The van der Waals surface area contributed by atoms with Crippen LogP contribution in [0.4, 0.5) is 8.78 Å². The van der Waals surface area contributed by atoms with Gasteiger partial charge in [-0.05, 0) is 40.2 Å². The molecule has 19 heavy (non-hydrogen) atoms. The Kier molecular flexibility index (Phi) is 4.64. The van der Waals surface area contributed by atoms with Gasteiger partial charge < -0.3 is 5.32 Å². The molecule has 1 aromatic carbocycles. The van der Waals surface area contributed by atoms with E-state index >= 15 is 0 Å². The molecule has 6 heteroatoms. The lowest BCUT2D eigenvalue weighted by Gasteiger charge is -2.06. The maximum atomic E-state index is 13.6. The van der Waals surface area contributed by atoms with E-state index in [2.05, 4.69) is 21.2 Å². The molecule has 2 nitrogen and oxygen atoms in total. The van der Waals surface area contributed by atoms with Crippen LogP contribution in [0.2, 0.25) is 0 Å². The third-order valence-electron chi connectivity index (χ3n) is 2.50. The highest BCUT2D eigenvalue weighted by atomic mass is 79.9. The summed E-state index contributed by atoms with van der Waals surface area (Å²) in [5, 5.41) is 11.6. The van der Waals surface area contributed by atoms with Crippen LogP contribution in [0.25, 0.3) is 0 Å². The fourth-order valence-corrected chi connectivity index (χ4v) is 3.05. The molecule has 2 aromatic rings. The lowest BCUT2D eigenvalue weighted by molar-refractivity contribution is 0.535. The highest BCUT2D eigenvalue weighted by molar-refractivity contribution is 9.11. The molecule has 0 saturated heterocycles. The fraction of sp³-hybridized carbons (Fsp3) is 0.154. The van der Waals surface area contributed by atoms with Crippen molar-refractivity contribution in [3.05, 3.63) is 55.7 Å². The largest absolute Gasteiger partial charge is 0.308 e. The molecule has 0 spiro atoms. The predicted octanol–water partition coefficient (Wildman–Crippen LogP) is 3.95. The first kappa shape index (κ1) is 14.1. The molecule has 1 N–H and O–H groups in total. The molecule has 0 aliphatic rings. The Bertz CT molecular complexity index is 611. The van der Waals surface area contributed by atoms with Crippen LogP contribution >= 0.6 is 27.3 Å². The maximum Gasteiger partial charge on any atom is 0.131 e. The zero-order chi connectivity index (χ0) is 13.8. The van der Waals surface area contributed by atoms with Crippen LogP contribution in [0.1, 0.15) is 16.0 Å². The van der Waals surface area contributed by atoms with Gasteiger partial charge in [-0.1, -0.05) is 0 Å². The van der Waals surface area contributed by atoms with Crippen LogP contribution in [0.5, 0.6) is 0 Å². The summed E-state index contributed by atoms with van der Waals surface area (Å²) >= 11 is 4.91. The van der Waals surface area contributed by atoms with E-state index in [0.29, 0.717) is 6.54 Å². The van der Waals surface area contributed by atoms with Crippen molar-refractivity contribution in [3.8, 4) is 6.07 Å². The number of benzene rings is 1. The molecule has 1 heterocycles. The van der Waals surface area contributed by atoms with Crippen LogP contribution in [0, 0.1) is 23.0 Å². The number of nitrogens with zero attached hydrogens (tertiary/aromatic N) is 1. The van der Waals surface area contributed by atoms with Gasteiger partial charge in [0.25, 0.3) is 0 Å². The molecule has 0 unspecified atom stereocenters. The molecule has 0 atom stereocenters. The van der Waals surface area contributed by atoms with Crippen molar-refractivity contribution >= 4 is 27.3 Å². The summed E-state index contributed by atoms with van der Waals surface area (Å²) in [5.41, 5.74) is -0.0597. The summed E-state index contributed by atoms with van der Waals surface area (Å²) in [6, 6.07) is 7.66. The molecule has 1 aromatic heterocycles. The standard InChI is InChI=1S/C13H9BrF2N2S/c14-13-2-1-9(19-13)6-18-7-10-11(15)3-8(5-17)4-12(10)16/h1-4,18H,6-7H2. The maximum absolute atomic E-state index is 13.6. The second-order valence-corrected chi connectivity index (χ2v) is 6.39. The van der Waals surface area contributed by atoms with Gasteiger partial charge >= 0.3 is 0 Å². The minimum Gasteiger partial charge on any atom is -0.308 e. The first-order chi connectivity index (χ1) is 9.10. The predicted molar refractivity (Wildman–Crippen MR) is 73.6 cm³/mol. The van der Waals surface area contributed by atoms with Gasteiger partial charge in [-0.25, -0.2) is 8.78 Å². The van der Waals surface area contributed by atoms with Crippen molar-refractivity contribution in [2.24, 2.45) is 0 Å². The van der Waals surface area contributed by atoms with Gasteiger partial charge in [0.05, 0.1) is 15.4 Å². The van der Waals surface area contributed by atoms with Gasteiger partial charge in [-0.15, -0.1) is 11.3 Å². The van der Waals surface area contributed by atoms with Gasteiger partial charge in [0.2, 0.25) is 0 Å². The second kappa shape index (κ2) is 6.24. The average Bonchev–Trinajstić information content (AvgIpc) is 2.78. The summed E-state index contributed by atoms with van der Waals surface area (Å²) < 4.78 is 28.2. The van der Waals surface area contributed by atoms with E-state index in [1.54, 1.807) is 17.4 Å². The van der Waals surface area contributed by atoms with E-state index < -0.39 is 11.6 Å². The van der Waals surface area contributed by atoms with Crippen molar-refractivity contribution < 1.29 is 8.78 Å². The number of hydrogen-bond acceptors (Lipinski definition) is 3. The fourth-order valence-electron chi connectivity index (χ4n) is 1.59. The van der Waals surface area contributed by atoms with E-state index in [1.165, 1.54) is 0 Å². The summed E-state index contributed by atoms with van der Waals surface area (Å²) in [4.78, 5) is 1.07. The Morgan fingerprint density at radius 1 is 1.21 bits per heavy atom. The van der Waals surface area contributed by atoms with Crippen LogP contribution in [0.15, 0.2) is 28.1 Å². The van der Waals surface area contributed by atoms with Crippen LogP contribution in [-0.2, 0) is 13.1 Å². The molecule has 2 rings (SSSR count). The molecular weight excluding hydrogens is 334 g/mol. The highest BCUT2D eigenvalue weighted by Gasteiger charge is 2.11. The van der Waals surface area contributed by atoms with E-state index in [0.717, 1.165) is 20.8 Å². The third-order valence-corrected chi connectivity index (χ3v) is 4.12. The number of halogens is 3. The van der Waals surface area contributed by atoms with E-state index in [4.69, 9.17) is 5.26 Å². The van der Waals surface area contributed by atoms with E-state index in [1.807, 2.05) is 12.1 Å². The van der Waals surface area contributed by atoms with Crippen molar-refractivity contribution in [2.45, 2.75) is 13.1 Å². The number of hydrogen-bond donors (Lipinski definition) is 1. The minimum atomic E-state index is -0.698. The average molecular weight is 343 g/mol. The van der Waals surface area contributed by atoms with E-state index in [-0.39, 0.29) is 17.7 Å². The summed E-state index contributed by atoms with van der Waals surface area (Å²) in [6.07, 6.45) is 0. The molecule has 0 aliphatic carbocycles. The Balaban J connectivity index is 2.02. The lowest BCUT2D eigenvalue weighted by Crippen LogP contribution is -2.14. The van der Waals surface area contributed by atoms with Crippen molar-refractivity contribution in [3.63, 3.8) is 0 Å². The van der Waals surface area contributed by atoms with Gasteiger partial charge in [0.15, 0.2) is 0 Å². The molecule has 0 amide bonds. The van der Waals surface area contributed by atoms with Crippen molar-refractivity contribution in [1.82, 2.24) is 5.32 Å². The van der Waals surface area contributed by atoms with Crippen LogP contribution in [0.3, 0.4) is 0 Å². The second-order valence-electron chi connectivity index (χ2n) is 3.84.